The standard InChI is InChI=1S/C18H22N4O/c1-3-18(23)22(4-2)15-5-6-17-16(10-15)13(7-8-20-17)9-14-11-19-12-21-14/h5-6,9-12,20H,3-4,7-8H2,1-2H3,(H,19,21)/b13-9+. The van der Waals surface area contributed by atoms with Crippen molar-refractivity contribution in [3.8, 4) is 0 Å². The summed E-state index contributed by atoms with van der Waals surface area (Å²) in [6.07, 6.45) is 7.10. The average Bonchev–Trinajstić information content (AvgIpc) is 3.09. The van der Waals surface area contributed by atoms with Crippen molar-refractivity contribution in [1.82, 2.24) is 9.97 Å². The van der Waals surface area contributed by atoms with Gasteiger partial charge in [-0.05, 0) is 43.2 Å². The van der Waals surface area contributed by atoms with Crippen LogP contribution in [0.3, 0.4) is 0 Å². The number of rotatable bonds is 4. The van der Waals surface area contributed by atoms with E-state index in [-0.39, 0.29) is 5.91 Å². The topological polar surface area (TPSA) is 61.0 Å². The molecule has 1 aromatic heterocycles. The average molecular weight is 310 g/mol. The molecule has 0 bridgehead atoms. The zero-order valence-electron chi connectivity index (χ0n) is 13.6. The number of aromatic amines is 1. The zero-order valence-corrected chi connectivity index (χ0v) is 13.6. The van der Waals surface area contributed by atoms with Crippen molar-refractivity contribution in [1.29, 1.82) is 0 Å². The third-order valence-electron chi connectivity index (χ3n) is 4.14. The third-order valence-corrected chi connectivity index (χ3v) is 4.14. The Morgan fingerprint density at radius 2 is 2.26 bits per heavy atom. The predicted molar refractivity (Wildman–Crippen MR) is 94.3 cm³/mol. The van der Waals surface area contributed by atoms with Gasteiger partial charge in [0.05, 0.1) is 18.2 Å². The van der Waals surface area contributed by atoms with E-state index >= 15 is 0 Å². The Balaban J connectivity index is 2.01. The van der Waals surface area contributed by atoms with Crippen LogP contribution >= 0.6 is 0 Å². The number of anilines is 2. The van der Waals surface area contributed by atoms with Gasteiger partial charge in [0.25, 0.3) is 0 Å². The highest BCUT2D eigenvalue weighted by atomic mass is 16.2. The van der Waals surface area contributed by atoms with Gasteiger partial charge in [0.15, 0.2) is 0 Å². The highest BCUT2D eigenvalue weighted by Gasteiger charge is 2.18. The van der Waals surface area contributed by atoms with Crippen molar-refractivity contribution in [3.63, 3.8) is 0 Å². The van der Waals surface area contributed by atoms with Gasteiger partial charge in [-0.1, -0.05) is 6.92 Å². The molecule has 2 heterocycles. The van der Waals surface area contributed by atoms with E-state index in [1.165, 1.54) is 5.57 Å². The van der Waals surface area contributed by atoms with E-state index < -0.39 is 0 Å². The minimum atomic E-state index is 0.148. The molecule has 0 saturated heterocycles. The highest BCUT2D eigenvalue weighted by molar-refractivity contribution is 5.96. The van der Waals surface area contributed by atoms with Gasteiger partial charge in [0.2, 0.25) is 5.91 Å². The lowest BCUT2D eigenvalue weighted by atomic mass is 9.95. The largest absolute Gasteiger partial charge is 0.384 e. The number of aromatic nitrogens is 2. The Hall–Kier alpha value is -2.56. The normalized spacial score (nSPS) is 15.1. The maximum absolute atomic E-state index is 12.1. The van der Waals surface area contributed by atoms with Crippen molar-refractivity contribution < 1.29 is 4.79 Å². The maximum atomic E-state index is 12.1. The van der Waals surface area contributed by atoms with Gasteiger partial charge in [0.1, 0.15) is 0 Å². The fourth-order valence-corrected chi connectivity index (χ4v) is 2.96. The Labute approximate surface area is 136 Å². The second kappa shape index (κ2) is 6.69. The Bertz CT molecular complexity index is 719. The molecule has 0 fully saturated rings. The van der Waals surface area contributed by atoms with Crippen LogP contribution in [0.5, 0.6) is 0 Å². The van der Waals surface area contributed by atoms with Gasteiger partial charge in [-0.3, -0.25) is 4.79 Å². The van der Waals surface area contributed by atoms with Gasteiger partial charge in [-0.2, -0.15) is 0 Å². The minimum absolute atomic E-state index is 0.148. The molecule has 0 atom stereocenters. The summed E-state index contributed by atoms with van der Waals surface area (Å²) in [6, 6.07) is 6.19. The number of hydrogen-bond donors (Lipinski definition) is 2. The quantitative estimate of drug-likeness (QED) is 0.908. The van der Waals surface area contributed by atoms with Crippen LogP contribution in [-0.4, -0.2) is 29.0 Å². The molecule has 2 N–H and O–H groups in total. The van der Waals surface area contributed by atoms with E-state index in [9.17, 15) is 4.79 Å². The number of nitrogens with zero attached hydrogens (tertiary/aromatic N) is 2. The first-order valence-corrected chi connectivity index (χ1v) is 8.10. The second-order valence-electron chi connectivity index (χ2n) is 5.57. The molecule has 1 aromatic carbocycles. The molecule has 1 amide bonds. The summed E-state index contributed by atoms with van der Waals surface area (Å²) in [5.74, 6) is 0.148. The molecule has 120 valence electrons. The van der Waals surface area contributed by atoms with Crippen molar-refractivity contribution >= 4 is 28.9 Å². The van der Waals surface area contributed by atoms with E-state index in [2.05, 4.69) is 33.5 Å². The molecule has 0 unspecified atom stereocenters. The number of amides is 1. The molecule has 0 radical (unpaired) electrons. The fraction of sp³-hybridized carbons (Fsp3) is 0.333. The second-order valence-corrected chi connectivity index (χ2v) is 5.57. The maximum Gasteiger partial charge on any atom is 0.226 e. The summed E-state index contributed by atoms with van der Waals surface area (Å²) in [5.41, 5.74) is 5.48. The Morgan fingerprint density at radius 1 is 1.39 bits per heavy atom. The molecule has 3 rings (SSSR count). The number of fused-ring (bicyclic) bond motifs is 1. The lowest BCUT2D eigenvalue weighted by Crippen LogP contribution is -2.30. The van der Waals surface area contributed by atoms with Gasteiger partial charge in [0, 0.05) is 36.4 Å². The molecule has 0 saturated carbocycles. The molecule has 5 heteroatoms. The van der Waals surface area contributed by atoms with Crippen molar-refractivity contribution in [3.05, 3.63) is 42.0 Å². The van der Waals surface area contributed by atoms with Gasteiger partial charge < -0.3 is 15.2 Å². The molecule has 1 aliphatic heterocycles. The minimum Gasteiger partial charge on any atom is -0.384 e. The molecular weight excluding hydrogens is 288 g/mol. The van der Waals surface area contributed by atoms with Crippen LogP contribution in [0.15, 0.2) is 30.7 Å². The fourth-order valence-electron chi connectivity index (χ4n) is 2.96. The van der Waals surface area contributed by atoms with Crippen LogP contribution < -0.4 is 10.2 Å². The molecule has 5 nitrogen and oxygen atoms in total. The predicted octanol–water partition coefficient (Wildman–Crippen LogP) is 3.53. The van der Waals surface area contributed by atoms with Crippen LogP contribution in [-0.2, 0) is 4.79 Å². The number of imidazole rings is 1. The van der Waals surface area contributed by atoms with E-state index in [0.717, 1.165) is 35.6 Å². The lowest BCUT2D eigenvalue weighted by Gasteiger charge is -2.25. The lowest BCUT2D eigenvalue weighted by molar-refractivity contribution is -0.118. The number of benzene rings is 1. The summed E-state index contributed by atoms with van der Waals surface area (Å²) in [7, 11) is 0. The molecule has 1 aliphatic rings. The van der Waals surface area contributed by atoms with Crippen LogP contribution in [0.25, 0.3) is 11.6 Å². The van der Waals surface area contributed by atoms with Crippen molar-refractivity contribution in [2.75, 3.05) is 23.3 Å². The van der Waals surface area contributed by atoms with E-state index in [1.807, 2.05) is 31.0 Å². The number of carbonyl (C=O) groups is 1. The van der Waals surface area contributed by atoms with Crippen LogP contribution in [0.2, 0.25) is 0 Å². The zero-order chi connectivity index (χ0) is 16.2. The summed E-state index contributed by atoms with van der Waals surface area (Å²) >= 11 is 0. The SMILES string of the molecule is CCC(=O)N(CC)c1ccc2c(c1)/C(=C/c1cnc[nH]1)CCN2. The first-order valence-electron chi connectivity index (χ1n) is 8.10. The molecule has 23 heavy (non-hydrogen) atoms. The van der Waals surface area contributed by atoms with E-state index in [4.69, 9.17) is 0 Å². The number of hydrogen-bond acceptors (Lipinski definition) is 3. The number of H-pyrrole nitrogens is 1. The molecule has 0 spiro atoms. The van der Waals surface area contributed by atoms with Gasteiger partial charge in [-0.15, -0.1) is 0 Å². The summed E-state index contributed by atoms with van der Waals surface area (Å²) in [6.45, 7) is 5.50. The number of carbonyl (C=O) groups excluding carboxylic acids is 1. The summed E-state index contributed by atoms with van der Waals surface area (Å²) < 4.78 is 0. The molecule has 0 aliphatic carbocycles. The monoisotopic (exact) mass is 310 g/mol. The Kier molecular flexibility index (Phi) is 4.46. The van der Waals surface area contributed by atoms with E-state index in [0.29, 0.717) is 13.0 Å². The van der Waals surface area contributed by atoms with Crippen molar-refractivity contribution in [2.24, 2.45) is 0 Å². The van der Waals surface area contributed by atoms with Gasteiger partial charge >= 0.3 is 0 Å². The summed E-state index contributed by atoms with van der Waals surface area (Å²) in [4.78, 5) is 21.2. The van der Waals surface area contributed by atoms with E-state index in [1.54, 1.807) is 6.33 Å². The van der Waals surface area contributed by atoms with Gasteiger partial charge in [-0.25, -0.2) is 4.98 Å². The third kappa shape index (κ3) is 3.13. The Morgan fingerprint density at radius 3 is 2.96 bits per heavy atom. The molecular formula is C18H22N4O. The number of nitrogens with one attached hydrogen (secondary N) is 2. The highest BCUT2D eigenvalue weighted by Crippen LogP contribution is 2.35. The van der Waals surface area contributed by atoms with Crippen molar-refractivity contribution in [2.45, 2.75) is 26.7 Å². The first kappa shape index (κ1) is 15.3. The van der Waals surface area contributed by atoms with Crippen LogP contribution in [0.1, 0.15) is 37.9 Å². The molecule has 2 aromatic rings. The van der Waals surface area contributed by atoms with Crippen LogP contribution in [0, 0.1) is 0 Å². The first-order chi connectivity index (χ1) is 11.2. The summed E-state index contributed by atoms with van der Waals surface area (Å²) in [5, 5.41) is 3.43. The smallest absolute Gasteiger partial charge is 0.226 e. The van der Waals surface area contributed by atoms with Crippen LogP contribution in [0.4, 0.5) is 11.4 Å².